The molecule has 0 aliphatic heterocycles. The molecule has 0 unspecified atom stereocenters. The molecule has 0 spiro atoms. The first kappa shape index (κ1) is 13.3. The summed E-state index contributed by atoms with van der Waals surface area (Å²) in [5.41, 5.74) is 0. The molecule has 1 saturated carbocycles. The van der Waals surface area contributed by atoms with Crippen LogP contribution in [0.1, 0.15) is 39.5 Å². The number of rotatable bonds is 5. The summed E-state index contributed by atoms with van der Waals surface area (Å²) < 4.78 is 0. The first-order valence-corrected chi connectivity index (χ1v) is 6.37. The monoisotopic (exact) mass is 227 g/mol. The Labute approximate surface area is 98.8 Å². The third kappa shape index (κ3) is 4.00. The maximum Gasteiger partial charge on any atom is 0.317 e. The van der Waals surface area contributed by atoms with Crippen LogP contribution in [-0.2, 0) is 0 Å². The maximum absolute atomic E-state index is 12.0. The SMILES string of the molecule is CNCCN(C(=O)NC1CCCC1)C(C)C. The number of hydrogen-bond acceptors (Lipinski definition) is 2. The van der Waals surface area contributed by atoms with Gasteiger partial charge in [-0.05, 0) is 33.7 Å². The van der Waals surface area contributed by atoms with E-state index in [4.69, 9.17) is 0 Å². The van der Waals surface area contributed by atoms with E-state index in [2.05, 4.69) is 24.5 Å². The number of hydrogen-bond donors (Lipinski definition) is 2. The highest BCUT2D eigenvalue weighted by atomic mass is 16.2. The minimum absolute atomic E-state index is 0.0946. The van der Waals surface area contributed by atoms with Crippen molar-refractivity contribution in [2.75, 3.05) is 20.1 Å². The van der Waals surface area contributed by atoms with Gasteiger partial charge in [0.1, 0.15) is 0 Å². The van der Waals surface area contributed by atoms with Crippen molar-refractivity contribution in [2.45, 2.75) is 51.6 Å². The van der Waals surface area contributed by atoms with Crippen LogP contribution >= 0.6 is 0 Å². The van der Waals surface area contributed by atoms with E-state index in [0.29, 0.717) is 6.04 Å². The van der Waals surface area contributed by atoms with Crippen molar-refractivity contribution in [2.24, 2.45) is 0 Å². The van der Waals surface area contributed by atoms with E-state index in [1.54, 1.807) is 0 Å². The molecule has 0 atom stereocenters. The molecule has 0 heterocycles. The van der Waals surface area contributed by atoms with Gasteiger partial charge in [0.15, 0.2) is 0 Å². The predicted molar refractivity (Wildman–Crippen MR) is 66.6 cm³/mol. The second-order valence-electron chi connectivity index (χ2n) is 4.82. The first-order chi connectivity index (χ1) is 7.65. The normalized spacial score (nSPS) is 16.8. The highest BCUT2D eigenvalue weighted by molar-refractivity contribution is 5.74. The Kier molecular flexibility index (Phi) is 5.60. The Balaban J connectivity index is 2.39. The van der Waals surface area contributed by atoms with E-state index in [1.165, 1.54) is 12.8 Å². The summed E-state index contributed by atoms with van der Waals surface area (Å²) in [4.78, 5) is 13.9. The number of amides is 2. The number of nitrogens with one attached hydrogen (secondary N) is 2. The molecule has 2 N–H and O–H groups in total. The van der Waals surface area contributed by atoms with E-state index in [1.807, 2.05) is 11.9 Å². The van der Waals surface area contributed by atoms with Crippen LogP contribution in [0, 0.1) is 0 Å². The van der Waals surface area contributed by atoms with E-state index >= 15 is 0 Å². The van der Waals surface area contributed by atoms with E-state index in [9.17, 15) is 4.79 Å². The largest absolute Gasteiger partial charge is 0.335 e. The van der Waals surface area contributed by atoms with Gasteiger partial charge >= 0.3 is 6.03 Å². The Bertz CT molecular complexity index is 212. The van der Waals surface area contributed by atoms with Crippen molar-refractivity contribution >= 4 is 6.03 Å². The number of nitrogens with zero attached hydrogens (tertiary/aromatic N) is 1. The fourth-order valence-electron chi connectivity index (χ4n) is 2.15. The lowest BCUT2D eigenvalue weighted by Gasteiger charge is -2.28. The van der Waals surface area contributed by atoms with E-state index in [-0.39, 0.29) is 12.1 Å². The van der Waals surface area contributed by atoms with Gasteiger partial charge in [0.2, 0.25) is 0 Å². The molecule has 0 aromatic heterocycles. The average Bonchev–Trinajstić information content (AvgIpc) is 2.70. The molecule has 0 aromatic rings. The average molecular weight is 227 g/mol. The molecule has 16 heavy (non-hydrogen) atoms. The molecule has 1 aliphatic carbocycles. The van der Waals surface area contributed by atoms with Gasteiger partial charge in [-0.15, -0.1) is 0 Å². The minimum Gasteiger partial charge on any atom is -0.335 e. The number of carbonyl (C=O) groups excluding carboxylic acids is 1. The Hall–Kier alpha value is -0.770. The van der Waals surface area contributed by atoms with Crippen LogP contribution in [0.3, 0.4) is 0 Å². The predicted octanol–water partition coefficient (Wildman–Crippen LogP) is 1.57. The smallest absolute Gasteiger partial charge is 0.317 e. The molecule has 0 aromatic carbocycles. The summed E-state index contributed by atoms with van der Waals surface area (Å²) in [6, 6.07) is 0.759. The lowest BCUT2D eigenvalue weighted by atomic mass is 10.2. The molecule has 94 valence electrons. The highest BCUT2D eigenvalue weighted by Gasteiger charge is 2.21. The van der Waals surface area contributed by atoms with Crippen LogP contribution in [0.5, 0.6) is 0 Å². The lowest BCUT2D eigenvalue weighted by molar-refractivity contribution is 0.180. The third-order valence-corrected chi connectivity index (χ3v) is 3.17. The zero-order valence-electron chi connectivity index (χ0n) is 10.8. The molecule has 0 saturated heterocycles. The van der Waals surface area contributed by atoms with Crippen LogP contribution in [0.4, 0.5) is 4.79 Å². The van der Waals surface area contributed by atoms with Crippen LogP contribution in [-0.4, -0.2) is 43.2 Å². The number of likely N-dealkylation sites (N-methyl/N-ethyl adjacent to an activating group) is 1. The van der Waals surface area contributed by atoms with Crippen LogP contribution < -0.4 is 10.6 Å². The summed E-state index contributed by atoms with van der Waals surface area (Å²) in [6.07, 6.45) is 4.79. The number of carbonyl (C=O) groups is 1. The number of urea groups is 1. The van der Waals surface area contributed by atoms with Crippen LogP contribution in [0.25, 0.3) is 0 Å². The molecule has 4 heteroatoms. The van der Waals surface area contributed by atoms with Gasteiger partial charge in [-0.25, -0.2) is 4.79 Å². The molecule has 1 fully saturated rings. The Morgan fingerprint density at radius 1 is 1.38 bits per heavy atom. The van der Waals surface area contributed by atoms with Crippen molar-refractivity contribution in [3.63, 3.8) is 0 Å². The second kappa shape index (κ2) is 6.74. The third-order valence-electron chi connectivity index (χ3n) is 3.17. The summed E-state index contributed by atoms with van der Waals surface area (Å²) in [6.45, 7) is 5.73. The molecule has 1 aliphatic rings. The lowest BCUT2D eigenvalue weighted by Crippen LogP contribution is -2.49. The zero-order valence-corrected chi connectivity index (χ0v) is 10.8. The van der Waals surface area contributed by atoms with Crippen LogP contribution in [0.15, 0.2) is 0 Å². The maximum atomic E-state index is 12.0. The summed E-state index contributed by atoms with van der Waals surface area (Å²) in [7, 11) is 1.91. The first-order valence-electron chi connectivity index (χ1n) is 6.37. The van der Waals surface area contributed by atoms with E-state index < -0.39 is 0 Å². The quantitative estimate of drug-likeness (QED) is 0.749. The molecule has 0 bridgehead atoms. The summed E-state index contributed by atoms with van der Waals surface area (Å²) in [5, 5.41) is 6.21. The fraction of sp³-hybridized carbons (Fsp3) is 0.917. The Morgan fingerprint density at radius 2 is 2.00 bits per heavy atom. The zero-order chi connectivity index (χ0) is 12.0. The van der Waals surface area contributed by atoms with Gasteiger partial charge in [-0.1, -0.05) is 12.8 Å². The van der Waals surface area contributed by atoms with Gasteiger partial charge in [-0.3, -0.25) is 0 Å². The van der Waals surface area contributed by atoms with Gasteiger partial charge in [0.25, 0.3) is 0 Å². The standard InChI is InChI=1S/C12H25N3O/c1-10(2)15(9-8-13-3)12(16)14-11-6-4-5-7-11/h10-11,13H,4-9H2,1-3H3,(H,14,16). The summed E-state index contributed by atoms with van der Waals surface area (Å²) in [5.74, 6) is 0. The Morgan fingerprint density at radius 3 is 2.50 bits per heavy atom. The van der Waals surface area contributed by atoms with Crippen molar-refractivity contribution < 1.29 is 4.79 Å². The van der Waals surface area contributed by atoms with Gasteiger partial charge in [0, 0.05) is 25.2 Å². The molecular weight excluding hydrogens is 202 g/mol. The van der Waals surface area contributed by atoms with Crippen molar-refractivity contribution in [3.05, 3.63) is 0 Å². The van der Waals surface area contributed by atoms with Crippen molar-refractivity contribution in [3.8, 4) is 0 Å². The van der Waals surface area contributed by atoms with Crippen molar-refractivity contribution in [1.82, 2.24) is 15.5 Å². The van der Waals surface area contributed by atoms with Gasteiger partial charge < -0.3 is 15.5 Å². The van der Waals surface area contributed by atoms with Crippen molar-refractivity contribution in [1.29, 1.82) is 0 Å². The van der Waals surface area contributed by atoms with Gasteiger partial charge in [-0.2, -0.15) is 0 Å². The van der Waals surface area contributed by atoms with E-state index in [0.717, 1.165) is 25.9 Å². The highest BCUT2D eigenvalue weighted by Crippen LogP contribution is 2.18. The molecule has 0 radical (unpaired) electrons. The fourth-order valence-corrected chi connectivity index (χ4v) is 2.15. The minimum atomic E-state index is 0.0946. The second-order valence-corrected chi connectivity index (χ2v) is 4.82. The molecule has 2 amide bonds. The summed E-state index contributed by atoms with van der Waals surface area (Å²) >= 11 is 0. The topological polar surface area (TPSA) is 44.4 Å². The van der Waals surface area contributed by atoms with Gasteiger partial charge in [0.05, 0.1) is 0 Å². The molecule has 1 rings (SSSR count). The molecule has 4 nitrogen and oxygen atoms in total. The molecular formula is C12H25N3O. The van der Waals surface area contributed by atoms with Crippen LogP contribution in [0.2, 0.25) is 0 Å².